The van der Waals surface area contributed by atoms with Crippen LogP contribution in [-0.2, 0) is 15.3 Å². The molecule has 0 aliphatic heterocycles. The molecule has 1 fully saturated rings. The minimum Gasteiger partial charge on any atom is -0.450 e. The van der Waals surface area contributed by atoms with E-state index in [2.05, 4.69) is 5.32 Å². The van der Waals surface area contributed by atoms with Crippen LogP contribution in [0.4, 0.5) is 14.5 Å². The molecule has 0 spiro atoms. The van der Waals surface area contributed by atoms with Gasteiger partial charge in [0.05, 0.1) is 5.69 Å². The minimum atomic E-state index is -0.787. The van der Waals surface area contributed by atoms with Crippen molar-refractivity contribution in [3.05, 3.63) is 65.4 Å². The zero-order valence-corrected chi connectivity index (χ0v) is 18.2. The van der Waals surface area contributed by atoms with Gasteiger partial charge < -0.3 is 14.5 Å². The smallest absolute Gasteiger partial charge is 0.375 e. The second-order valence-corrected chi connectivity index (χ2v) is 9.01. The maximum Gasteiger partial charge on any atom is 0.375 e. The second-order valence-electron chi connectivity index (χ2n) is 7.73. The van der Waals surface area contributed by atoms with Crippen LogP contribution in [0.2, 0.25) is 0 Å². The normalized spacial score (nSPS) is 14.4. The molecule has 5 nitrogen and oxygen atoms in total. The van der Waals surface area contributed by atoms with Gasteiger partial charge in [-0.1, -0.05) is 37.5 Å². The van der Waals surface area contributed by atoms with Crippen molar-refractivity contribution in [1.29, 1.82) is 0 Å². The Bertz CT molecular complexity index is 1120. The number of ether oxygens (including phenoxy) is 1. The number of carbonyl (C=O) groups is 2. The van der Waals surface area contributed by atoms with Gasteiger partial charge in [-0.3, -0.25) is 4.79 Å². The third-order valence-electron chi connectivity index (χ3n) is 5.44. The number of fused-ring (bicyclic) bond motifs is 1. The quantitative estimate of drug-likeness (QED) is 0.434. The van der Waals surface area contributed by atoms with Crippen molar-refractivity contribution in [1.82, 2.24) is 0 Å². The Balaban J connectivity index is 1.44. The summed E-state index contributed by atoms with van der Waals surface area (Å²) in [7, 11) is 0. The Morgan fingerprint density at radius 1 is 1.09 bits per heavy atom. The number of anilines is 1. The van der Waals surface area contributed by atoms with Crippen molar-refractivity contribution in [3.8, 4) is 0 Å². The van der Waals surface area contributed by atoms with Gasteiger partial charge in [0.25, 0.3) is 5.91 Å². The lowest BCUT2D eigenvalue weighted by molar-refractivity contribution is -0.119. The Morgan fingerprint density at radius 3 is 2.69 bits per heavy atom. The number of thioether (sulfide) groups is 1. The standard InChI is InChI=1S/C24H23F2NO4S/c25-15-10-11-19(26)20(12-15)27-22(28)13-30-24(29)23-18(14-32-16-6-2-1-3-7-16)17-8-4-5-9-21(17)31-23/h4-5,8-12,16H,1-3,6-7,13-14H2,(H,27,28). The molecule has 1 amide bonds. The van der Waals surface area contributed by atoms with Crippen molar-refractivity contribution >= 4 is 40.3 Å². The molecule has 0 bridgehead atoms. The molecule has 8 heteroatoms. The average molecular weight is 460 g/mol. The van der Waals surface area contributed by atoms with Gasteiger partial charge >= 0.3 is 5.97 Å². The van der Waals surface area contributed by atoms with Crippen molar-refractivity contribution < 1.29 is 27.5 Å². The number of furan rings is 1. The van der Waals surface area contributed by atoms with Crippen molar-refractivity contribution in [2.24, 2.45) is 0 Å². The number of rotatable bonds is 7. The van der Waals surface area contributed by atoms with Gasteiger partial charge in [-0.2, -0.15) is 11.8 Å². The van der Waals surface area contributed by atoms with Crippen LogP contribution in [-0.4, -0.2) is 23.7 Å². The van der Waals surface area contributed by atoms with Crippen LogP contribution in [0.15, 0.2) is 46.9 Å². The van der Waals surface area contributed by atoms with Crippen molar-refractivity contribution in [2.45, 2.75) is 43.1 Å². The highest BCUT2D eigenvalue weighted by Crippen LogP contribution is 2.35. The third-order valence-corrected chi connectivity index (χ3v) is 6.83. The Morgan fingerprint density at radius 2 is 1.88 bits per heavy atom. The molecule has 0 atom stereocenters. The first kappa shape index (κ1) is 22.3. The van der Waals surface area contributed by atoms with Gasteiger partial charge in [0.2, 0.25) is 5.76 Å². The van der Waals surface area contributed by atoms with Gasteiger partial charge in [0.1, 0.15) is 17.2 Å². The maximum absolute atomic E-state index is 13.7. The second kappa shape index (κ2) is 10.2. The third kappa shape index (κ3) is 5.30. The van der Waals surface area contributed by atoms with Gasteiger partial charge in [0, 0.05) is 28.0 Å². The van der Waals surface area contributed by atoms with Crippen LogP contribution in [0.3, 0.4) is 0 Å². The van der Waals surface area contributed by atoms with E-state index in [1.807, 2.05) is 18.2 Å². The molecule has 1 N–H and O–H groups in total. The predicted octanol–water partition coefficient (Wildman–Crippen LogP) is 6.07. The fraction of sp³-hybridized carbons (Fsp3) is 0.333. The Labute approximate surface area is 188 Å². The highest BCUT2D eigenvalue weighted by molar-refractivity contribution is 7.99. The molecule has 2 aromatic carbocycles. The molecule has 3 aromatic rings. The summed E-state index contributed by atoms with van der Waals surface area (Å²) < 4.78 is 37.8. The number of para-hydroxylation sites is 1. The molecular formula is C24H23F2NO4S. The molecule has 0 unspecified atom stereocenters. The fourth-order valence-corrected chi connectivity index (χ4v) is 5.17. The molecule has 0 saturated heterocycles. The number of benzene rings is 2. The lowest BCUT2D eigenvalue weighted by atomic mass is 10.0. The molecular weight excluding hydrogens is 436 g/mol. The van der Waals surface area contributed by atoms with Crippen LogP contribution in [0.1, 0.15) is 48.2 Å². The highest BCUT2D eigenvalue weighted by atomic mass is 32.2. The van der Waals surface area contributed by atoms with E-state index in [4.69, 9.17) is 9.15 Å². The number of esters is 1. The zero-order chi connectivity index (χ0) is 22.5. The van der Waals surface area contributed by atoms with Crippen LogP contribution < -0.4 is 5.32 Å². The van der Waals surface area contributed by atoms with E-state index in [0.717, 1.165) is 42.0 Å². The molecule has 168 valence electrons. The Hall–Kier alpha value is -2.87. The van der Waals surface area contributed by atoms with Crippen molar-refractivity contribution in [2.75, 3.05) is 11.9 Å². The van der Waals surface area contributed by atoms with Crippen LogP contribution in [0, 0.1) is 11.6 Å². The lowest BCUT2D eigenvalue weighted by Crippen LogP contribution is -2.21. The maximum atomic E-state index is 13.7. The number of amides is 1. The first-order chi connectivity index (χ1) is 15.5. The summed E-state index contributed by atoms with van der Waals surface area (Å²) >= 11 is 1.81. The predicted molar refractivity (Wildman–Crippen MR) is 120 cm³/mol. The van der Waals surface area contributed by atoms with E-state index >= 15 is 0 Å². The van der Waals surface area contributed by atoms with E-state index in [1.54, 1.807) is 17.8 Å². The summed E-state index contributed by atoms with van der Waals surface area (Å²) in [5.74, 6) is -2.36. The number of hydrogen-bond donors (Lipinski definition) is 1. The Kier molecular flexibility index (Phi) is 7.09. The minimum absolute atomic E-state index is 0.0687. The summed E-state index contributed by atoms with van der Waals surface area (Å²) in [6.07, 6.45) is 6.04. The van der Waals surface area contributed by atoms with E-state index in [-0.39, 0.29) is 11.4 Å². The van der Waals surface area contributed by atoms with Gasteiger partial charge in [-0.05, 0) is 31.0 Å². The molecule has 1 aromatic heterocycles. The van der Waals surface area contributed by atoms with E-state index in [0.29, 0.717) is 16.6 Å². The average Bonchev–Trinajstić information content (AvgIpc) is 3.18. The van der Waals surface area contributed by atoms with Gasteiger partial charge in [-0.15, -0.1) is 0 Å². The van der Waals surface area contributed by atoms with Crippen LogP contribution in [0.5, 0.6) is 0 Å². The number of carbonyl (C=O) groups excluding carboxylic acids is 2. The lowest BCUT2D eigenvalue weighted by Gasteiger charge is -2.20. The molecule has 32 heavy (non-hydrogen) atoms. The van der Waals surface area contributed by atoms with Gasteiger partial charge in [-0.25, -0.2) is 13.6 Å². The molecule has 1 aliphatic carbocycles. The molecule has 1 saturated carbocycles. The monoisotopic (exact) mass is 459 g/mol. The first-order valence-electron chi connectivity index (χ1n) is 10.6. The molecule has 4 rings (SSSR count). The highest BCUT2D eigenvalue weighted by Gasteiger charge is 2.24. The number of hydrogen-bond acceptors (Lipinski definition) is 5. The largest absolute Gasteiger partial charge is 0.450 e. The summed E-state index contributed by atoms with van der Waals surface area (Å²) in [4.78, 5) is 24.8. The van der Waals surface area contributed by atoms with Crippen molar-refractivity contribution in [3.63, 3.8) is 0 Å². The summed E-state index contributed by atoms with van der Waals surface area (Å²) in [5.41, 5.74) is 1.00. The van der Waals surface area contributed by atoms with E-state index in [9.17, 15) is 18.4 Å². The van der Waals surface area contributed by atoms with E-state index < -0.39 is 30.1 Å². The topological polar surface area (TPSA) is 68.5 Å². The summed E-state index contributed by atoms with van der Waals surface area (Å²) in [5, 5.41) is 3.59. The summed E-state index contributed by atoms with van der Waals surface area (Å²) in [6, 6.07) is 10.1. The first-order valence-corrected chi connectivity index (χ1v) is 11.6. The number of nitrogens with one attached hydrogen (secondary N) is 1. The summed E-state index contributed by atoms with van der Waals surface area (Å²) in [6.45, 7) is -0.652. The SMILES string of the molecule is O=C(COC(=O)c1oc2ccccc2c1CSC1CCCCC1)Nc1cc(F)ccc1F. The molecule has 0 radical (unpaired) electrons. The van der Waals surface area contributed by atoms with Gasteiger partial charge in [0.15, 0.2) is 6.61 Å². The van der Waals surface area contributed by atoms with Crippen LogP contribution in [0.25, 0.3) is 11.0 Å². The molecule has 1 heterocycles. The van der Waals surface area contributed by atoms with Crippen LogP contribution >= 0.6 is 11.8 Å². The number of halogens is 2. The fourth-order valence-electron chi connectivity index (χ4n) is 3.82. The molecule has 1 aliphatic rings. The zero-order valence-electron chi connectivity index (χ0n) is 17.4. The van der Waals surface area contributed by atoms with E-state index in [1.165, 1.54) is 19.3 Å².